The van der Waals surface area contributed by atoms with Crippen LogP contribution in [-0.4, -0.2) is 30.9 Å². The van der Waals surface area contributed by atoms with Crippen molar-refractivity contribution in [1.82, 2.24) is 19.7 Å². The highest BCUT2D eigenvalue weighted by atomic mass is 32.2. The molecule has 2 aromatic carbocycles. The third kappa shape index (κ3) is 4.67. The number of hydrogen-bond acceptors (Lipinski definition) is 5. The standard InChI is InChI=1S/C24H23N5OS/c1-16-8-10-20(11-9-16)29-22(19-12-14-25-15-13-19)27-28-24(29)31-18(3)23(30)26-21-7-5-4-6-17(21)2/h4-15,18H,1-3H3,(H,26,30). The molecular weight excluding hydrogens is 406 g/mol. The first-order valence-electron chi connectivity index (χ1n) is 9.99. The lowest BCUT2D eigenvalue weighted by Gasteiger charge is -2.15. The number of anilines is 1. The Balaban J connectivity index is 1.65. The highest BCUT2D eigenvalue weighted by Crippen LogP contribution is 2.30. The number of amides is 1. The Kier molecular flexibility index (Phi) is 6.13. The van der Waals surface area contributed by atoms with E-state index in [9.17, 15) is 4.79 Å². The highest BCUT2D eigenvalue weighted by Gasteiger charge is 2.22. The van der Waals surface area contributed by atoms with Crippen LogP contribution in [0.25, 0.3) is 17.1 Å². The topological polar surface area (TPSA) is 72.7 Å². The molecule has 4 aromatic rings. The van der Waals surface area contributed by atoms with Crippen LogP contribution in [0.2, 0.25) is 0 Å². The van der Waals surface area contributed by atoms with E-state index in [4.69, 9.17) is 0 Å². The predicted molar refractivity (Wildman–Crippen MR) is 124 cm³/mol. The highest BCUT2D eigenvalue weighted by molar-refractivity contribution is 8.00. The van der Waals surface area contributed by atoms with Gasteiger partial charge in [-0.2, -0.15) is 0 Å². The molecule has 1 amide bonds. The van der Waals surface area contributed by atoms with Gasteiger partial charge in [0.05, 0.1) is 5.25 Å². The number of carbonyl (C=O) groups is 1. The quantitative estimate of drug-likeness (QED) is 0.434. The van der Waals surface area contributed by atoms with Gasteiger partial charge in [0.2, 0.25) is 5.91 Å². The molecule has 0 aliphatic carbocycles. The fourth-order valence-corrected chi connectivity index (χ4v) is 3.99. The molecule has 2 heterocycles. The van der Waals surface area contributed by atoms with Crippen LogP contribution in [0, 0.1) is 13.8 Å². The fraction of sp³-hybridized carbons (Fsp3) is 0.167. The van der Waals surface area contributed by atoms with Crippen LogP contribution in [0.5, 0.6) is 0 Å². The number of thioether (sulfide) groups is 1. The lowest BCUT2D eigenvalue weighted by Crippen LogP contribution is -2.23. The summed E-state index contributed by atoms with van der Waals surface area (Å²) in [6, 6.07) is 19.7. The monoisotopic (exact) mass is 429 g/mol. The number of para-hydroxylation sites is 1. The van der Waals surface area contributed by atoms with E-state index in [-0.39, 0.29) is 11.2 Å². The average molecular weight is 430 g/mol. The van der Waals surface area contributed by atoms with Crippen molar-refractivity contribution in [2.75, 3.05) is 5.32 Å². The molecule has 1 atom stereocenters. The first-order valence-corrected chi connectivity index (χ1v) is 10.9. The smallest absolute Gasteiger partial charge is 0.237 e. The minimum absolute atomic E-state index is 0.0804. The van der Waals surface area contributed by atoms with Crippen LogP contribution in [0.4, 0.5) is 5.69 Å². The molecule has 1 unspecified atom stereocenters. The van der Waals surface area contributed by atoms with Crippen molar-refractivity contribution in [3.8, 4) is 17.1 Å². The second-order valence-electron chi connectivity index (χ2n) is 7.28. The van der Waals surface area contributed by atoms with Gasteiger partial charge in [-0.05, 0) is 56.7 Å². The van der Waals surface area contributed by atoms with E-state index in [2.05, 4.69) is 32.6 Å². The van der Waals surface area contributed by atoms with Crippen molar-refractivity contribution in [3.63, 3.8) is 0 Å². The van der Waals surface area contributed by atoms with Crippen molar-refractivity contribution in [2.24, 2.45) is 0 Å². The minimum Gasteiger partial charge on any atom is -0.325 e. The van der Waals surface area contributed by atoms with E-state index in [1.807, 2.05) is 73.9 Å². The average Bonchev–Trinajstić information content (AvgIpc) is 3.20. The van der Waals surface area contributed by atoms with Gasteiger partial charge in [0.1, 0.15) is 0 Å². The van der Waals surface area contributed by atoms with Crippen molar-refractivity contribution < 1.29 is 4.79 Å². The summed E-state index contributed by atoms with van der Waals surface area (Å²) >= 11 is 1.38. The van der Waals surface area contributed by atoms with Gasteiger partial charge in [-0.25, -0.2) is 0 Å². The molecule has 7 heteroatoms. The molecular formula is C24H23N5OS. The van der Waals surface area contributed by atoms with E-state index in [1.165, 1.54) is 17.3 Å². The van der Waals surface area contributed by atoms with Gasteiger partial charge in [-0.15, -0.1) is 10.2 Å². The molecule has 0 spiro atoms. The number of nitrogens with zero attached hydrogens (tertiary/aromatic N) is 4. The molecule has 0 radical (unpaired) electrons. The maximum absolute atomic E-state index is 12.8. The maximum atomic E-state index is 12.8. The zero-order valence-electron chi connectivity index (χ0n) is 17.6. The molecule has 6 nitrogen and oxygen atoms in total. The molecule has 0 saturated carbocycles. The predicted octanol–water partition coefficient (Wildman–Crippen LogP) is 5.07. The third-order valence-corrected chi connectivity index (χ3v) is 5.96. The van der Waals surface area contributed by atoms with Gasteiger partial charge in [-0.3, -0.25) is 14.3 Å². The number of pyridine rings is 1. The second kappa shape index (κ2) is 9.14. The summed E-state index contributed by atoms with van der Waals surface area (Å²) in [4.78, 5) is 16.9. The van der Waals surface area contributed by atoms with Gasteiger partial charge in [0.15, 0.2) is 11.0 Å². The Morgan fingerprint density at radius 1 is 0.968 bits per heavy atom. The minimum atomic E-state index is -0.363. The Morgan fingerprint density at radius 2 is 1.68 bits per heavy atom. The number of nitrogens with one attached hydrogen (secondary N) is 1. The lowest BCUT2D eigenvalue weighted by atomic mass is 10.2. The van der Waals surface area contributed by atoms with Crippen LogP contribution in [0.15, 0.2) is 78.2 Å². The van der Waals surface area contributed by atoms with Crippen LogP contribution < -0.4 is 5.32 Å². The van der Waals surface area contributed by atoms with Crippen LogP contribution in [-0.2, 0) is 4.79 Å². The number of carbonyl (C=O) groups excluding carboxylic acids is 1. The number of aryl methyl sites for hydroxylation is 2. The molecule has 1 N–H and O–H groups in total. The third-order valence-electron chi connectivity index (χ3n) is 4.92. The number of rotatable bonds is 6. The Morgan fingerprint density at radius 3 is 2.39 bits per heavy atom. The summed E-state index contributed by atoms with van der Waals surface area (Å²) in [5.41, 5.74) is 4.86. The number of hydrogen-bond donors (Lipinski definition) is 1. The summed E-state index contributed by atoms with van der Waals surface area (Å²) in [5.74, 6) is 0.628. The molecule has 156 valence electrons. The maximum Gasteiger partial charge on any atom is 0.237 e. The van der Waals surface area contributed by atoms with Crippen LogP contribution in [0.3, 0.4) is 0 Å². The molecule has 0 fully saturated rings. The van der Waals surface area contributed by atoms with E-state index in [1.54, 1.807) is 12.4 Å². The van der Waals surface area contributed by atoms with Crippen LogP contribution >= 0.6 is 11.8 Å². The molecule has 0 bridgehead atoms. The molecule has 0 aliphatic rings. The van der Waals surface area contributed by atoms with Crippen molar-refractivity contribution >= 4 is 23.4 Å². The first-order chi connectivity index (χ1) is 15.0. The second-order valence-corrected chi connectivity index (χ2v) is 8.59. The fourth-order valence-electron chi connectivity index (χ4n) is 3.12. The lowest BCUT2D eigenvalue weighted by molar-refractivity contribution is -0.115. The van der Waals surface area contributed by atoms with Gasteiger partial charge in [0.25, 0.3) is 0 Å². The summed E-state index contributed by atoms with van der Waals surface area (Å²) in [5, 5.41) is 12.1. The molecule has 0 saturated heterocycles. The zero-order chi connectivity index (χ0) is 21.8. The summed E-state index contributed by atoms with van der Waals surface area (Å²) < 4.78 is 1.98. The normalized spacial score (nSPS) is 11.8. The molecule has 0 aliphatic heterocycles. The number of benzene rings is 2. The van der Waals surface area contributed by atoms with Crippen molar-refractivity contribution in [2.45, 2.75) is 31.2 Å². The summed E-state index contributed by atoms with van der Waals surface area (Å²) in [6.07, 6.45) is 3.46. The molecule has 4 rings (SSSR count). The SMILES string of the molecule is Cc1ccc(-n2c(SC(C)C(=O)Nc3ccccc3C)nnc2-c2ccncc2)cc1. The van der Waals surface area contributed by atoms with E-state index in [0.29, 0.717) is 11.0 Å². The van der Waals surface area contributed by atoms with Crippen molar-refractivity contribution in [3.05, 3.63) is 84.2 Å². The largest absolute Gasteiger partial charge is 0.325 e. The van der Waals surface area contributed by atoms with Gasteiger partial charge >= 0.3 is 0 Å². The van der Waals surface area contributed by atoms with Gasteiger partial charge in [-0.1, -0.05) is 47.7 Å². The molecule has 31 heavy (non-hydrogen) atoms. The Labute approximate surface area is 185 Å². The first kappa shape index (κ1) is 20.8. The Bertz CT molecular complexity index is 1190. The summed E-state index contributed by atoms with van der Waals surface area (Å²) in [7, 11) is 0. The number of aromatic nitrogens is 4. The van der Waals surface area contributed by atoms with E-state index >= 15 is 0 Å². The molecule has 2 aromatic heterocycles. The van der Waals surface area contributed by atoms with Crippen molar-refractivity contribution in [1.29, 1.82) is 0 Å². The van der Waals surface area contributed by atoms with E-state index in [0.717, 1.165) is 22.5 Å². The Hall–Kier alpha value is -3.45. The van der Waals surface area contributed by atoms with Gasteiger partial charge < -0.3 is 5.32 Å². The van der Waals surface area contributed by atoms with Crippen LogP contribution in [0.1, 0.15) is 18.1 Å². The zero-order valence-corrected chi connectivity index (χ0v) is 18.4. The van der Waals surface area contributed by atoms with Gasteiger partial charge in [0, 0.05) is 29.3 Å². The summed E-state index contributed by atoms with van der Waals surface area (Å²) in [6.45, 7) is 5.90. The van der Waals surface area contributed by atoms with E-state index < -0.39 is 0 Å².